The number of hydrogen-bond acceptors (Lipinski definition) is 3. The minimum Gasteiger partial charge on any atom is -0.481 e. The van der Waals surface area contributed by atoms with Gasteiger partial charge in [0.25, 0.3) is 5.91 Å². The number of carbonyl (C=O) groups is 1. The predicted octanol–water partition coefficient (Wildman–Crippen LogP) is 1.59. The molecule has 1 aromatic carbocycles. The molecule has 0 radical (unpaired) electrons. The highest BCUT2D eigenvalue weighted by molar-refractivity contribution is 5.85. The summed E-state index contributed by atoms with van der Waals surface area (Å²) < 4.78 is 31.1. The molecule has 0 unspecified atom stereocenters. The first kappa shape index (κ1) is 16.7. The van der Waals surface area contributed by atoms with Crippen molar-refractivity contribution in [2.24, 2.45) is 0 Å². The summed E-state index contributed by atoms with van der Waals surface area (Å²) in [7, 11) is 0. The Morgan fingerprint density at radius 3 is 2.90 bits per heavy atom. The molecule has 1 heterocycles. The Labute approximate surface area is 122 Å². The molecule has 1 N–H and O–H groups in total. The lowest BCUT2D eigenvalue weighted by Gasteiger charge is -2.33. The molecule has 2 rings (SSSR count). The minimum absolute atomic E-state index is 0. The van der Waals surface area contributed by atoms with E-state index in [1.165, 1.54) is 6.07 Å². The largest absolute Gasteiger partial charge is 0.481 e. The summed E-state index contributed by atoms with van der Waals surface area (Å²) >= 11 is 0. The molecular formula is C13H17ClF2N2O2. The molecule has 112 valence electrons. The van der Waals surface area contributed by atoms with Crippen LogP contribution < -0.4 is 10.1 Å². The molecule has 1 amide bonds. The van der Waals surface area contributed by atoms with Crippen molar-refractivity contribution in [3.05, 3.63) is 29.8 Å². The second kappa shape index (κ2) is 7.40. The van der Waals surface area contributed by atoms with Gasteiger partial charge in [0.15, 0.2) is 18.2 Å². The smallest absolute Gasteiger partial charge is 0.260 e. The summed E-state index contributed by atoms with van der Waals surface area (Å²) in [5.41, 5.74) is 0. The fraction of sp³-hybridized carbons (Fsp3) is 0.462. The highest BCUT2D eigenvalue weighted by Crippen LogP contribution is 2.17. The summed E-state index contributed by atoms with van der Waals surface area (Å²) in [6, 6.07) is 3.09. The third-order valence-corrected chi connectivity index (χ3v) is 3.07. The molecule has 1 atom stereocenters. The third-order valence-electron chi connectivity index (χ3n) is 3.07. The van der Waals surface area contributed by atoms with Crippen molar-refractivity contribution in [3.8, 4) is 5.75 Å². The van der Waals surface area contributed by atoms with Gasteiger partial charge in [-0.2, -0.15) is 0 Å². The number of benzene rings is 1. The summed E-state index contributed by atoms with van der Waals surface area (Å²) in [4.78, 5) is 13.6. The van der Waals surface area contributed by atoms with Crippen molar-refractivity contribution in [2.45, 2.75) is 13.0 Å². The predicted molar refractivity (Wildman–Crippen MR) is 73.1 cm³/mol. The molecule has 0 aromatic heterocycles. The van der Waals surface area contributed by atoms with Gasteiger partial charge in [0.2, 0.25) is 0 Å². The van der Waals surface area contributed by atoms with E-state index in [9.17, 15) is 13.6 Å². The average Bonchev–Trinajstić information content (AvgIpc) is 2.38. The van der Waals surface area contributed by atoms with Crippen molar-refractivity contribution in [1.82, 2.24) is 10.2 Å². The van der Waals surface area contributed by atoms with E-state index in [1.54, 1.807) is 4.90 Å². The number of carbonyl (C=O) groups excluding carboxylic acids is 1. The summed E-state index contributed by atoms with van der Waals surface area (Å²) in [6.45, 7) is 3.77. The number of hydrogen-bond donors (Lipinski definition) is 1. The minimum atomic E-state index is -0.804. The summed E-state index contributed by atoms with van der Waals surface area (Å²) in [5.74, 6) is -1.79. The van der Waals surface area contributed by atoms with Gasteiger partial charge in [-0.25, -0.2) is 8.78 Å². The monoisotopic (exact) mass is 306 g/mol. The molecule has 0 bridgehead atoms. The van der Waals surface area contributed by atoms with Crippen LogP contribution in [-0.2, 0) is 4.79 Å². The Balaban J connectivity index is 0.00000200. The van der Waals surface area contributed by atoms with Crippen LogP contribution in [0.3, 0.4) is 0 Å². The van der Waals surface area contributed by atoms with Crippen LogP contribution in [0.5, 0.6) is 5.75 Å². The van der Waals surface area contributed by atoms with Gasteiger partial charge in [-0.05, 0) is 19.1 Å². The SMILES string of the molecule is C[C@H]1CNCCN1C(=O)COc1ccc(F)cc1F.Cl. The van der Waals surface area contributed by atoms with Gasteiger partial charge < -0.3 is 15.0 Å². The highest BCUT2D eigenvalue weighted by atomic mass is 35.5. The lowest BCUT2D eigenvalue weighted by atomic mass is 10.2. The molecule has 7 heteroatoms. The second-order valence-electron chi connectivity index (χ2n) is 4.50. The Bertz CT molecular complexity index is 474. The van der Waals surface area contributed by atoms with E-state index in [2.05, 4.69) is 5.32 Å². The quantitative estimate of drug-likeness (QED) is 0.922. The van der Waals surface area contributed by atoms with Gasteiger partial charge in [0, 0.05) is 31.7 Å². The second-order valence-corrected chi connectivity index (χ2v) is 4.50. The lowest BCUT2D eigenvalue weighted by molar-refractivity contribution is -0.136. The zero-order valence-electron chi connectivity index (χ0n) is 11.1. The number of amides is 1. The lowest BCUT2D eigenvalue weighted by Crippen LogP contribution is -2.53. The van der Waals surface area contributed by atoms with Crippen LogP contribution in [0.4, 0.5) is 8.78 Å². The van der Waals surface area contributed by atoms with Crippen LogP contribution >= 0.6 is 12.4 Å². The van der Waals surface area contributed by atoms with Crippen LogP contribution in [0.15, 0.2) is 18.2 Å². The standard InChI is InChI=1S/C13H16F2N2O2.ClH/c1-9-7-16-4-5-17(9)13(18)8-19-12-3-2-10(14)6-11(12)15;/h2-3,6,9,16H,4-5,7-8H2,1H3;1H/t9-;/m0./s1. The zero-order valence-corrected chi connectivity index (χ0v) is 11.9. The number of nitrogens with zero attached hydrogens (tertiary/aromatic N) is 1. The topological polar surface area (TPSA) is 41.6 Å². The fourth-order valence-corrected chi connectivity index (χ4v) is 2.03. The first-order chi connectivity index (χ1) is 9.08. The van der Waals surface area contributed by atoms with E-state index in [0.717, 1.165) is 25.2 Å². The average molecular weight is 307 g/mol. The Kier molecular flexibility index (Phi) is 6.16. The van der Waals surface area contributed by atoms with Crippen molar-refractivity contribution in [1.29, 1.82) is 0 Å². The van der Waals surface area contributed by atoms with E-state index >= 15 is 0 Å². The molecule has 0 spiro atoms. The molecule has 1 aromatic rings. The number of halogens is 3. The van der Waals surface area contributed by atoms with Gasteiger partial charge >= 0.3 is 0 Å². The first-order valence-corrected chi connectivity index (χ1v) is 6.16. The summed E-state index contributed by atoms with van der Waals surface area (Å²) in [5, 5.41) is 3.17. The third kappa shape index (κ3) is 4.05. The maximum atomic E-state index is 13.3. The van der Waals surface area contributed by atoms with Crippen LogP contribution in [0.2, 0.25) is 0 Å². The molecular weight excluding hydrogens is 290 g/mol. The molecule has 0 aliphatic carbocycles. The van der Waals surface area contributed by atoms with Crippen molar-refractivity contribution >= 4 is 18.3 Å². The van der Waals surface area contributed by atoms with Gasteiger partial charge in [0.05, 0.1) is 0 Å². The van der Waals surface area contributed by atoms with Gasteiger partial charge in [-0.15, -0.1) is 12.4 Å². The van der Waals surface area contributed by atoms with E-state index < -0.39 is 11.6 Å². The van der Waals surface area contributed by atoms with Gasteiger partial charge in [0.1, 0.15) is 5.82 Å². The normalized spacial score (nSPS) is 18.4. The first-order valence-electron chi connectivity index (χ1n) is 6.16. The Hall–Kier alpha value is -1.40. The molecule has 4 nitrogen and oxygen atoms in total. The number of nitrogens with one attached hydrogen (secondary N) is 1. The van der Waals surface area contributed by atoms with Crippen molar-refractivity contribution in [3.63, 3.8) is 0 Å². The number of ether oxygens (including phenoxy) is 1. The maximum absolute atomic E-state index is 13.3. The van der Waals surface area contributed by atoms with Crippen LogP contribution in [0, 0.1) is 11.6 Å². The molecule has 1 aliphatic heterocycles. The van der Waals surface area contributed by atoms with Crippen molar-refractivity contribution < 1.29 is 18.3 Å². The molecule has 1 fully saturated rings. The van der Waals surface area contributed by atoms with Crippen molar-refractivity contribution in [2.75, 3.05) is 26.2 Å². The van der Waals surface area contributed by atoms with E-state index in [4.69, 9.17) is 4.74 Å². The molecule has 1 saturated heterocycles. The molecule has 20 heavy (non-hydrogen) atoms. The van der Waals surface area contributed by atoms with Gasteiger partial charge in [-0.1, -0.05) is 0 Å². The summed E-state index contributed by atoms with van der Waals surface area (Å²) in [6.07, 6.45) is 0. The number of piperazine rings is 1. The fourth-order valence-electron chi connectivity index (χ4n) is 2.03. The number of rotatable bonds is 3. The van der Waals surface area contributed by atoms with E-state index in [0.29, 0.717) is 6.54 Å². The molecule has 0 saturated carbocycles. The van der Waals surface area contributed by atoms with E-state index in [-0.39, 0.29) is 36.7 Å². The van der Waals surface area contributed by atoms with Crippen LogP contribution in [-0.4, -0.2) is 43.1 Å². The van der Waals surface area contributed by atoms with Crippen LogP contribution in [0.25, 0.3) is 0 Å². The van der Waals surface area contributed by atoms with E-state index in [1.807, 2.05) is 6.92 Å². The highest BCUT2D eigenvalue weighted by Gasteiger charge is 2.23. The zero-order chi connectivity index (χ0) is 13.8. The maximum Gasteiger partial charge on any atom is 0.260 e. The Morgan fingerprint density at radius 2 is 2.25 bits per heavy atom. The Morgan fingerprint density at radius 1 is 1.50 bits per heavy atom. The van der Waals surface area contributed by atoms with Gasteiger partial charge in [-0.3, -0.25) is 4.79 Å². The molecule has 1 aliphatic rings. The van der Waals surface area contributed by atoms with Crippen LogP contribution in [0.1, 0.15) is 6.92 Å².